The van der Waals surface area contributed by atoms with E-state index < -0.39 is 0 Å². The monoisotopic (exact) mass is 562 g/mol. The van der Waals surface area contributed by atoms with Crippen LogP contribution >= 0.6 is 0 Å². The van der Waals surface area contributed by atoms with Crippen LogP contribution < -0.4 is 0 Å². The van der Waals surface area contributed by atoms with Crippen LogP contribution in [0, 0.1) is 6.92 Å². The molecule has 8 rings (SSSR count). The van der Waals surface area contributed by atoms with Crippen molar-refractivity contribution >= 4 is 21.8 Å². The minimum Gasteiger partial charge on any atom is -0.309 e. The van der Waals surface area contributed by atoms with Gasteiger partial charge in [-0.15, -0.1) is 0 Å². The van der Waals surface area contributed by atoms with Gasteiger partial charge in [0.1, 0.15) is 0 Å². The molecule has 208 valence electrons. The molecule has 2 aromatic heterocycles. The lowest BCUT2D eigenvalue weighted by molar-refractivity contribution is 1.17. The Balaban J connectivity index is 1.33. The van der Waals surface area contributed by atoms with Crippen LogP contribution in [0.2, 0.25) is 0 Å². The van der Waals surface area contributed by atoms with Crippen molar-refractivity contribution in [3.05, 3.63) is 169 Å². The second kappa shape index (κ2) is 10.8. The van der Waals surface area contributed by atoms with E-state index in [-0.39, 0.29) is 0 Å². The van der Waals surface area contributed by atoms with E-state index in [1.807, 2.05) is 0 Å². The van der Waals surface area contributed by atoms with Crippen LogP contribution in [0.3, 0.4) is 0 Å². The summed E-state index contributed by atoms with van der Waals surface area (Å²) in [5, 5.41) is 2.53. The van der Waals surface area contributed by atoms with Gasteiger partial charge in [-0.2, -0.15) is 0 Å². The summed E-state index contributed by atoms with van der Waals surface area (Å²) in [6.07, 6.45) is 0. The summed E-state index contributed by atoms with van der Waals surface area (Å²) in [6, 6.07) is 58.4. The molecule has 0 saturated carbocycles. The zero-order valence-electron chi connectivity index (χ0n) is 24.5. The van der Waals surface area contributed by atoms with E-state index in [2.05, 4.69) is 175 Å². The first-order valence-corrected chi connectivity index (χ1v) is 15.1. The smallest absolute Gasteiger partial charge is 0.0715 e. The Kier molecular flexibility index (Phi) is 6.39. The molecule has 2 heteroatoms. The number of hydrogen-bond donors (Lipinski definition) is 0. The molecular formula is C42H30N2. The van der Waals surface area contributed by atoms with Crippen molar-refractivity contribution in [3.63, 3.8) is 0 Å². The number of hydrogen-bond acceptors (Lipinski definition) is 1. The van der Waals surface area contributed by atoms with Gasteiger partial charge in [-0.1, -0.05) is 121 Å². The minimum atomic E-state index is 0.957. The number of pyridine rings is 1. The van der Waals surface area contributed by atoms with E-state index in [4.69, 9.17) is 4.98 Å². The average Bonchev–Trinajstić information content (AvgIpc) is 3.43. The number of fused-ring (bicyclic) bond motifs is 3. The Bertz CT molecular complexity index is 2220. The number of para-hydroxylation sites is 2. The van der Waals surface area contributed by atoms with Crippen molar-refractivity contribution in [2.24, 2.45) is 0 Å². The lowest BCUT2D eigenvalue weighted by atomic mass is 9.97. The molecule has 8 aromatic rings. The molecule has 0 spiro atoms. The number of nitrogens with zero attached hydrogens (tertiary/aromatic N) is 2. The molecule has 0 bridgehead atoms. The van der Waals surface area contributed by atoms with Crippen LogP contribution in [0.4, 0.5) is 0 Å². The topological polar surface area (TPSA) is 17.8 Å². The average molecular weight is 563 g/mol. The lowest BCUT2D eigenvalue weighted by Gasteiger charge is -2.14. The van der Waals surface area contributed by atoms with Crippen molar-refractivity contribution in [2.75, 3.05) is 0 Å². The largest absolute Gasteiger partial charge is 0.309 e. The fourth-order valence-electron chi connectivity index (χ4n) is 6.35. The van der Waals surface area contributed by atoms with Gasteiger partial charge in [0.2, 0.25) is 0 Å². The predicted octanol–water partition coefficient (Wildman–Crippen LogP) is 11.2. The van der Waals surface area contributed by atoms with Crippen molar-refractivity contribution in [1.82, 2.24) is 9.55 Å². The number of benzene rings is 6. The molecular weight excluding hydrogens is 532 g/mol. The van der Waals surface area contributed by atoms with E-state index in [9.17, 15) is 0 Å². The van der Waals surface area contributed by atoms with Gasteiger partial charge >= 0.3 is 0 Å². The number of aryl methyl sites for hydroxylation is 1. The van der Waals surface area contributed by atoms with Crippen LogP contribution in [0.1, 0.15) is 5.56 Å². The Labute approximate surface area is 257 Å². The Hall–Kier alpha value is -5.73. The van der Waals surface area contributed by atoms with E-state index in [0.29, 0.717) is 0 Å². The molecule has 0 fully saturated rings. The van der Waals surface area contributed by atoms with E-state index in [1.54, 1.807) is 0 Å². The molecule has 2 heterocycles. The first-order valence-electron chi connectivity index (χ1n) is 15.1. The summed E-state index contributed by atoms with van der Waals surface area (Å²) >= 11 is 0. The molecule has 0 amide bonds. The fourth-order valence-corrected chi connectivity index (χ4v) is 6.35. The predicted molar refractivity (Wildman–Crippen MR) is 185 cm³/mol. The van der Waals surface area contributed by atoms with Gasteiger partial charge in [-0.3, -0.25) is 0 Å². The second-order valence-electron chi connectivity index (χ2n) is 11.4. The minimum absolute atomic E-state index is 0.957. The molecule has 0 radical (unpaired) electrons. The highest BCUT2D eigenvalue weighted by Gasteiger charge is 2.15. The van der Waals surface area contributed by atoms with Crippen molar-refractivity contribution in [1.29, 1.82) is 0 Å². The highest BCUT2D eigenvalue weighted by molar-refractivity contribution is 6.09. The van der Waals surface area contributed by atoms with Crippen LogP contribution in [0.25, 0.3) is 72.3 Å². The maximum atomic E-state index is 5.21. The summed E-state index contributed by atoms with van der Waals surface area (Å²) in [5.41, 5.74) is 13.6. The van der Waals surface area contributed by atoms with Gasteiger partial charge in [-0.25, -0.2) is 4.98 Å². The molecule has 6 aromatic carbocycles. The van der Waals surface area contributed by atoms with E-state index in [0.717, 1.165) is 33.8 Å². The summed E-state index contributed by atoms with van der Waals surface area (Å²) in [6.45, 7) is 2.18. The molecule has 0 N–H and O–H groups in total. The molecule has 0 aliphatic rings. The number of aromatic nitrogens is 2. The summed E-state index contributed by atoms with van der Waals surface area (Å²) in [7, 11) is 0. The maximum absolute atomic E-state index is 5.21. The SMILES string of the molecule is Cc1cc(-c2cc(-c3ccccc3)nc(-c3cccc(-c4ccccc4)c3)c2)cc(-n2c3ccccc3c3ccccc32)c1. The molecule has 0 unspecified atom stereocenters. The third-order valence-electron chi connectivity index (χ3n) is 8.39. The molecule has 2 nitrogen and oxygen atoms in total. The maximum Gasteiger partial charge on any atom is 0.0715 e. The normalized spacial score (nSPS) is 11.3. The van der Waals surface area contributed by atoms with Gasteiger partial charge in [0, 0.05) is 27.6 Å². The van der Waals surface area contributed by atoms with Gasteiger partial charge in [0.25, 0.3) is 0 Å². The van der Waals surface area contributed by atoms with Crippen molar-refractivity contribution in [2.45, 2.75) is 6.92 Å². The highest BCUT2D eigenvalue weighted by Crippen LogP contribution is 2.36. The van der Waals surface area contributed by atoms with Crippen LogP contribution in [0.15, 0.2) is 164 Å². The highest BCUT2D eigenvalue weighted by atomic mass is 15.0. The third-order valence-corrected chi connectivity index (χ3v) is 8.39. The summed E-state index contributed by atoms with van der Waals surface area (Å²) < 4.78 is 2.39. The fraction of sp³-hybridized carbons (Fsp3) is 0.0238. The van der Waals surface area contributed by atoms with E-state index in [1.165, 1.54) is 44.1 Å². The molecule has 0 saturated heterocycles. The molecule has 0 aliphatic heterocycles. The second-order valence-corrected chi connectivity index (χ2v) is 11.4. The van der Waals surface area contributed by atoms with Crippen LogP contribution in [0.5, 0.6) is 0 Å². The van der Waals surface area contributed by atoms with Crippen LogP contribution in [-0.2, 0) is 0 Å². The van der Waals surface area contributed by atoms with Gasteiger partial charge < -0.3 is 4.57 Å². The molecule has 44 heavy (non-hydrogen) atoms. The zero-order valence-corrected chi connectivity index (χ0v) is 24.5. The number of rotatable bonds is 5. The van der Waals surface area contributed by atoms with Crippen LogP contribution in [-0.4, -0.2) is 9.55 Å². The van der Waals surface area contributed by atoms with Gasteiger partial charge in [0.05, 0.1) is 22.4 Å². The first-order chi connectivity index (χ1) is 21.7. The van der Waals surface area contributed by atoms with Gasteiger partial charge in [-0.05, 0) is 77.2 Å². The standard InChI is InChI=1S/C42H30N2/c1-29-23-34(26-36(24-29)44-41-21-10-8-19-37(41)38-20-9-11-22-42(38)44)35-27-39(31-15-6-3-7-16-31)43-40(28-35)33-18-12-17-32(25-33)30-13-4-2-5-14-30/h2-28H,1H3. The molecule has 0 aliphatic carbocycles. The Morgan fingerprint density at radius 1 is 0.386 bits per heavy atom. The first kappa shape index (κ1) is 25.9. The third kappa shape index (κ3) is 4.67. The Morgan fingerprint density at radius 3 is 1.59 bits per heavy atom. The quantitative estimate of drug-likeness (QED) is 0.204. The van der Waals surface area contributed by atoms with E-state index >= 15 is 0 Å². The summed E-state index contributed by atoms with van der Waals surface area (Å²) in [4.78, 5) is 5.21. The Morgan fingerprint density at radius 2 is 0.909 bits per heavy atom. The molecule has 0 atom stereocenters. The summed E-state index contributed by atoms with van der Waals surface area (Å²) in [5.74, 6) is 0. The van der Waals surface area contributed by atoms with Crippen molar-refractivity contribution in [3.8, 4) is 50.5 Å². The lowest BCUT2D eigenvalue weighted by Crippen LogP contribution is -1.96. The van der Waals surface area contributed by atoms with Gasteiger partial charge in [0.15, 0.2) is 0 Å². The zero-order chi connectivity index (χ0) is 29.5. The van der Waals surface area contributed by atoms with Crippen molar-refractivity contribution < 1.29 is 0 Å².